The minimum Gasteiger partial charge on any atom is -0.363 e. The molecule has 1 saturated heterocycles. The van der Waals surface area contributed by atoms with Crippen LogP contribution in [0.15, 0.2) is 36.5 Å². The Hall–Kier alpha value is -1.85. The van der Waals surface area contributed by atoms with Crippen molar-refractivity contribution in [2.75, 3.05) is 37.4 Å². The molecule has 1 aromatic carbocycles. The summed E-state index contributed by atoms with van der Waals surface area (Å²) in [6.07, 6.45) is 4.10. The quantitative estimate of drug-likeness (QED) is 0.901. The van der Waals surface area contributed by atoms with Crippen LogP contribution in [0.5, 0.6) is 0 Å². The molecule has 0 bridgehead atoms. The summed E-state index contributed by atoms with van der Waals surface area (Å²) >= 11 is 6.29. The molecule has 2 aromatic rings. The molecule has 5 nitrogen and oxygen atoms in total. The van der Waals surface area contributed by atoms with Crippen LogP contribution in [0.4, 0.5) is 11.8 Å². The van der Waals surface area contributed by atoms with Crippen molar-refractivity contribution in [3.63, 3.8) is 0 Å². The Morgan fingerprint density at radius 1 is 1.29 bits per heavy atom. The third-order valence-corrected chi connectivity index (χ3v) is 4.66. The monoisotopic (exact) mass is 345 g/mol. The van der Waals surface area contributed by atoms with Gasteiger partial charge >= 0.3 is 0 Å². The molecule has 1 aliphatic rings. The van der Waals surface area contributed by atoms with Crippen LogP contribution in [0.2, 0.25) is 5.02 Å². The smallest absolute Gasteiger partial charge is 0.224 e. The van der Waals surface area contributed by atoms with E-state index in [1.165, 1.54) is 5.56 Å². The van der Waals surface area contributed by atoms with Gasteiger partial charge in [-0.2, -0.15) is 4.98 Å². The fourth-order valence-corrected chi connectivity index (χ4v) is 3.23. The van der Waals surface area contributed by atoms with Crippen LogP contribution in [0, 0.1) is 0 Å². The van der Waals surface area contributed by atoms with Gasteiger partial charge in [0.05, 0.1) is 0 Å². The number of benzene rings is 1. The third-order valence-electron chi connectivity index (χ3n) is 4.29. The highest BCUT2D eigenvalue weighted by atomic mass is 35.5. The summed E-state index contributed by atoms with van der Waals surface area (Å²) in [6, 6.07) is 10.3. The van der Waals surface area contributed by atoms with Crippen LogP contribution in [-0.4, -0.2) is 48.1 Å². The largest absolute Gasteiger partial charge is 0.363 e. The lowest BCUT2D eigenvalue weighted by molar-refractivity contribution is 0.208. The van der Waals surface area contributed by atoms with Gasteiger partial charge in [0.1, 0.15) is 5.82 Å². The Labute approximate surface area is 148 Å². The van der Waals surface area contributed by atoms with Gasteiger partial charge in [0.2, 0.25) is 5.95 Å². The third kappa shape index (κ3) is 4.36. The van der Waals surface area contributed by atoms with Crippen LogP contribution < -0.4 is 10.2 Å². The summed E-state index contributed by atoms with van der Waals surface area (Å²) in [4.78, 5) is 13.3. The van der Waals surface area contributed by atoms with Crippen molar-refractivity contribution in [3.05, 3.63) is 47.1 Å². The van der Waals surface area contributed by atoms with Crippen LogP contribution >= 0.6 is 11.6 Å². The summed E-state index contributed by atoms with van der Waals surface area (Å²) in [7, 11) is 3.97. The van der Waals surface area contributed by atoms with E-state index in [1.54, 1.807) is 6.20 Å². The standard InChI is InChI=1S/C18H24ClN5/c1-23(2)17-9-10-20-18(22-17)21-15-7-5-11-24(13-15)12-14-6-3-4-8-16(14)19/h3-4,6,8-10,15H,5,7,11-13H2,1-2H3,(H,20,21,22). The number of rotatable bonds is 5. The first-order valence-corrected chi connectivity index (χ1v) is 8.72. The van der Waals surface area contributed by atoms with Crippen LogP contribution in [0.1, 0.15) is 18.4 Å². The number of hydrogen-bond donors (Lipinski definition) is 1. The summed E-state index contributed by atoms with van der Waals surface area (Å²) in [5.41, 5.74) is 1.19. The molecule has 1 aliphatic heterocycles. The normalized spacial score (nSPS) is 18.4. The molecule has 0 amide bonds. The van der Waals surface area contributed by atoms with Gasteiger partial charge in [-0.15, -0.1) is 0 Å². The molecule has 0 radical (unpaired) electrons. The Kier molecular flexibility index (Phi) is 5.53. The predicted molar refractivity (Wildman–Crippen MR) is 99.7 cm³/mol. The number of piperidine rings is 1. The molecule has 1 N–H and O–H groups in total. The summed E-state index contributed by atoms with van der Waals surface area (Å²) < 4.78 is 0. The van der Waals surface area contributed by atoms with E-state index in [1.807, 2.05) is 43.3 Å². The molecule has 1 aromatic heterocycles. The molecule has 1 fully saturated rings. The maximum absolute atomic E-state index is 6.29. The van der Waals surface area contributed by atoms with Gasteiger partial charge < -0.3 is 10.2 Å². The molecule has 1 atom stereocenters. The topological polar surface area (TPSA) is 44.3 Å². The van der Waals surface area contributed by atoms with Gasteiger partial charge in [0.25, 0.3) is 0 Å². The fraction of sp³-hybridized carbons (Fsp3) is 0.444. The van der Waals surface area contributed by atoms with Gasteiger partial charge in [-0.05, 0) is 37.1 Å². The second-order valence-electron chi connectivity index (χ2n) is 6.44. The van der Waals surface area contributed by atoms with Gasteiger partial charge in [-0.25, -0.2) is 4.98 Å². The number of anilines is 2. The minimum absolute atomic E-state index is 0.360. The first kappa shape index (κ1) is 17.0. The predicted octanol–water partition coefficient (Wildman–Crippen LogP) is 3.27. The Balaban J connectivity index is 1.61. The van der Waals surface area contributed by atoms with E-state index in [2.05, 4.69) is 26.3 Å². The first-order chi connectivity index (χ1) is 11.6. The van der Waals surface area contributed by atoms with Gasteiger partial charge in [-0.1, -0.05) is 29.8 Å². The van der Waals surface area contributed by atoms with E-state index in [-0.39, 0.29) is 0 Å². The highest BCUT2D eigenvalue weighted by Crippen LogP contribution is 2.21. The zero-order chi connectivity index (χ0) is 16.9. The minimum atomic E-state index is 0.360. The number of nitrogens with one attached hydrogen (secondary N) is 1. The number of likely N-dealkylation sites (tertiary alicyclic amines) is 1. The lowest BCUT2D eigenvalue weighted by Gasteiger charge is -2.33. The Bertz CT molecular complexity index is 676. The van der Waals surface area contributed by atoms with Gasteiger partial charge in [0, 0.05) is 44.4 Å². The van der Waals surface area contributed by atoms with E-state index in [0.29, 0.717) is 12.0 Å². The number of hydrogen-bond acceptors (Lipinski definition) is 5. The zero-order valence-corrected chi connectivity index (χ0v) is 15.0. The molecule has 3 rings (SSSR count). The van der Waals surface area contributed by atoms with Crippen molar-refractivity contribution in [1.29, 1.82) is 0 Å². The highest BCUT2D eigenvalue weighted by molar-refractivity contribution is 6.31. The number of nitrogens with zero attached hydrogens (tertiary/aromatic N) is 4. The second-order valence-corrected chi connectivity index (χ2v) is 6.85. The molecule has 0 spiro atoms. The van der Waals surface area contributed by atoms with Crippen molar-refractivity contribution >= 4 is 23.4 Å². The molecule has 0 aliphatic carbocycles. The van der Waals surface area contributed by atoms with Crippen molar-refractivity contribution in [2.24, 2.45) is 0 Å². The van der Waals surface area contributed by atoms with Crippen LogP contribution in [0.25, 0.3) is 0 Å². The second kappa shape index (κ2) is 7.81. The van der Waals surface area contributed by atoms with E-state index in [9.17, 15) is 0 Å². The Morgan fingerprint density at radius 2 is 2.12 bits per heavy atom. The SMILES string of the molecule is CN(C)c1ccnc(NC2CCCN(Cc3ccccc3Cl)C2)n1. The number of halogens is 1. The van der Waals surface area contributed by atoms with Gasteiger partial charge in [0.15, 0.2) is 0 Å². The summed E-state index contributed by atoms with van der Waals surface area (Å²) in [5, 5.41) is 4.33. The highest BCUT2D eigenvalue weighted by Gasteiger charge is 2.21. The molecular weight excluding hydrogens is 322 g/mol. The average molecular weight is 346 g/mol. The van der Waals surface area contributed by atoms with E-state index in [0.717, 1.165) is 43.3 Å². The van der Waals surface area contributed by atoms with Crippen molar-refractivity contribution in [1.82, 2.24) is 14.9 Å². The van der Waals surface area contributed by atoms with Crippen molar-refractivity contribution < 1.29 is 0 Å². The van der Waals surface area contributed by atoms with E-state index >= 15 is 0 Å². The van der Waals surface area contributed by atoms with Crippen molar-refractivity contribution in [2.45, 2.75) is 25.4 Å². The van der Waals surface area contributed by atoms with Crippen LogP contribution in [0.3, 0.4) is 0 Å². The van der Waals surface area contributed by atoms with Gasteiger partial charge in [-0.3, -0.25) is 4.90 Å². The fourth-order valence-electron chi connectivity index (χ4n) is 3.03. The van der Waals surface area contributed by atoms with E-state index in [4.69, 9.17) is 11.6 Å². The van der Waals surface area contributed by atoms with Crippen molar-refractivity contribution in [3.8, 4) is 0 Å². The number of aromatic nitrogens is 2. The molecule has 24 heavy (non-hydrogen) atoms. The first-order valence-electron chi connectivity index (χ1n) is 8.34. The van der Waals surface area contributed by atoms with E-state index < -0.39 is 0 Å². The average Bonchev–Trinajstić information content (AvgIpc) is 2.57. The molecule has 0 saturated carbocycles. The maximum atomic E-state index is 6.29. The molecule has 6 heteroatoms. The van der Waals surface area contributed by atoms with Crippen LogP contribution in [-0.2, 0) is 6.54 Å². The lowest BCUT2D eigenvalue weighted by atomic mass is 10.0. The maximum Gasteiger partial charge on any atom is 0.224 e. The summed E-state index contributed by atoms with van der Waals surface area (Å²) in [5.74, 6) is 1.61. The summed E-state index contributed by atoms with van der Waals surface area (Å²) in [6.45, 7) is 2.96. The zero-order valence-electron chi connectivity index (χ0n) is 14.2. The Morgan fingerprint density at radius 3 is 2.92 bits per heavy atom. The lowest BCUT2D eigenvalue weighted by Crippen LogP contribution is -2.42. The molecular formula is C18H24ClN5. The molecule has 128 valence electrons. The molecule has 2 heterocycles. The molecule has 1 unspecified atom stereocenters.